The number of para-hydroxylation sites is 1. The SMILES string of the molecule is COc1ccccc1CCN(C)C(=O)C(C)C1CNC1.Cl. The van der Waals surface area contributed by atoms with Crippen molar-refractivity contribution in [3.05, 3.63) is 29.8 Å². The second kappa shape index (κ2) is 8.25. The molecule has 0 aliphatic carbocycles. The summed E-state index contributed by atoms with van der Waals surface area (Å²) >= 11 is 0. The summed E-state index contributed by atoms with van der Waals surface area (Å²) in [6, 6.07) is 7.97. The van der Waals surface area contributed by atoms with Gasteiger partial charge in [0.1, 0.15) is 5.75 Å². The van der Waals surface area contributed by atoms with Crippen LogP contribution < -0.4 is 10.1 Å². The van der Waals surface area contributed by atoms with Crippen molar-refractivity contribution in [2.75, 3.05) is 33.8 Å². The number of amides is 1. The Morgan fingerprint density at radius 3 is 2.67 bits per heavy atom. The Morgan fingerprint density at radius 2 is 2.10 bits per heavy atom. The van der Waals surface area contributed by atoms with E-state index >= 15 is 0 Å². The third kappa shape index (κ3) is 4.35. The highest BCUT2D eigenvalue weighted by molar-refractivity contribution is 5.85. The standard InChI is InChI=1S/C16H24N2O2.ClH/c1-12(14-10-17-11-14)16(19)18(2)9-8-13-6-4-5-7-15(13)20-3;/h4-7,12,14,17H,8-11H2,1-3H3;1H. The molecule has 1 atom stereocenters. The molecular formula is C16H25ClN2O2. The van der Waals surface area contributed by atoms with Crippen molar-refractivity contribution < 1.29 is 9.53 Å². The maximum atomic E-state index is 12.3. The normalized spacial score (nSPS) is 15.6. The third-order valence-electron chi connectivity index (χ3n) is 4.19. The second-order valence-electron chi connectivity index (χ2n) is 5.53. The highest BCUT2D eigenvalue weighted by atomic mass is 35.5. The van der Waals surface area contributed by atoms with Gasteiger partial charge < -0.3 is 15.0 Å². The molecule has 0 spiro atoms. The van der Waals surface area contributed by atoms with E-state index in [-0.39, 0.29) is 24.2 Å². The lowest BCUT2D eigenvalue weighted by molar-refractivity contribution is -0.136. The summed E-state index contributed by atoms with van der Waals surface area (Å²) in [5.74, 6) is 1.74. The monoisotopic (exact) mass is 312 g/mol. The fourth-order valence-electron chi connectivity index (χ4n) is 2.52. The summed E-state index contributed by atoms with van der Waals surface area (Å²) in [7, 11) is 3.57. The predicted octanol–water partition coefficient (Wildman–Crippen LogP) is 1.97. The number of rotatable bonds is 6. The quantitative estimate of drug-likeness (QED) is 0.873. The lowest BCUT2D eigenvalue weighted by Crippen LogP contribution is -2.50. The molecule has 1 aromatic carbocycles. The first kappa shape index (κ1) is 17.8. The Kier molecular flexibility index (Phi) is 6.99. The molecule has 1 aliphatic heterocycles. The van der Waals surface area contributed by atoms with E-state index in [1.165, 1.54) is 0 Å². The van der Waals surface area contributed by atoms with E-state index in [1.54, 1.807) is 7.11 Å². The van der Waals surface area contributed by atoms with E-state index in [1.807, 2.05) is 37.1 Å². The summed E-state index contributed by atoms with van der Waals surface area (Å²) < 4.78 is 5.34. The van der Waals surface area contributed by atoms with E-state index in [4.69, 9.17) is 4.74 Å². The number of benzene rings is 1. The lowest BCUT2D eigenvalue weighted by Gasteiger charge is -2.34. The number of ether oxygens (including phenoxy) is 1. The number of nitrogens with one attached hydrogen (secondary N) is 1. The molecule has 2 rings (SSSR count). The van der Waals surface area contributed by atoms with Crippen molar-refractivity contribution in [1.82, 2.24) is 10.2 Å². The Morgan fingerprint density at radius 1 is 1.43 bits per heavy atom. The summed E-state index contributed by atoms with van der Waals surface area (Å²) in [5.41, 5.74) is 1.15. The molecule has 21 heavy (non-hydrogen) atoms. The zero-order chi connectivity index (χ0) is 14.5. The number of hydrogen-bond acceptors (Lipinski definition) is 3. The van der Waals surface area contributed by atoms with Crippen molar-refractivity contribution in [3.8, 4) is 5.75 Å². The zero-order valence-electron chi connectivity index (χ0n) is 13.0. The van der Waals surface area contributed by atoms with Crippen LogP contribution in [0.1, 0.15) is 12.5 Å². The van der Waals surface area contributed by atoms with E-state index in [0.717, 1.165) is 37.4 Å². The molecule has 1 aromatic rings. The number of halogens is 1. The molecule has 0 aromatic heterocycles. The Bertz CT molecular complexity index is 463. The first-order chi connectivity index (χ1) is 9.63. The molecule has 118 valence electrons. The van der Waals surface area contributed by atoms with Crippen LogP contribution in [0.4, 0.5) is 0 Å². The van der Waals surface area contributed by atoms with Gasteiger partial charge in [-0.3, -0.25) is 4.79 Å². The highest BCUT2D eigenvalue weighted by Gasteiger charge is 2.30. The number of nitrogens with zero attached hydrogens (tertiary/aromatic N) is 1. The average Bonchev–Trinajstić information content (AvgIpc) is 2.42. The summed E-state index contributed by atoms with van der Waals surface area (Å²) in [6.07, 6.45) is 0.821. The van der Waals surface area contributed by atoms with Crippen LogP contribution in [-0.2, 0) is 11.2 Å². The van der Waals surface area contributed by atoms with Gasteiger partial charge in [-0.2, -0.15) is 0 Å². The van der Waals surface area contributed by atoms with Crippen LogP contribution in [0.15, 0.2) is 24.3 Å². The molecule has 1 amide bonds. The summed E-state index contributed by atoms with van der Waals surface area (Å²) in [6.45, 7) is 4.69. The largest absolute Gasteiger partial charge is 0.496 e. The van der Waals surface area contributed by atoms with Gasteiger partial charge in [0.25, 0.3) is 0 Å². The van der Waals surface area contributed by atoms with Crippen molar-refractivity contribution >= 4 is 18.3 Å². The van der Waals surface area contributed by atoms with Gasteiger partial charge in [-0.1, -0.05) is 25.1 Å². The van der Waals surface area contributed by atoms with Gasteiger partial charge in [-0.25, -0.2) is 0 Å². The molecule has 0 saturated carbocycles. The molecule has 5 heteroatoms. The minimum Gasteiger partial charge on any atom is -0.496 e. The molecule has 1 fully saturated rings. The Balaban J connectivity index is 0.00000220. The van der Waals surface area contributed by atoms with Crippen molar-refractivity contribution in [2.24, 2.45) is 11.8 Å². The van der Waals surface area contributed by atoms with E-state index < -0.39 is 0 Å². The molecule has 1 aliphatic rings. The summed E-state index contributed by atoms with van der Waals surface area (Å²) in [4.78, 5) is 14.2. The van der Waals surface area contributed by atoms with Gasteiger partial charge in [-0.15, -0.1) is 12.4 Å². The average molecular weight is 313 g/mol. The maximum Gasteiger partial charge on any atom is 0.225 e. The second-order valence-corrected chi connectivity index (χ2v) is 5.53. The van der Waals surface area contributed by atoms with Crippen LogP contribution in [0.2, 0.25) is 0 Å². The van der Waals surface area contributed by atoms with Crippen LogP contribution in [0.3, 0.4) is 0 Å². The van der Waals surface area contributed by atoms with Gasteiger partial charge in [0.2, 0.25) is 5.91 Å². The smallest absolute Gasteiger partial charge is 0.225 e. The van der Waals surface area contributed by atoms with Crippen molar-refractivity contribution in [3.63, 3.8) is 0 Å². The van der Waals surface area contributed by atoms with Crippen LogP contribution in [0, 0.1) is 11.8 Å². The predicted molar refractivity (Wildman–Crippen MR) is 87.1 cm³/mol. The number of methoxy groups -OCH3 is 1. The fourth-order valence-corrected chi connectivity index (χ4v) is 2.52. The molecule has 0 bridgehead atoms. The minimum absolute atomic E-state index is 0. The lowest BCUT2D eigenvalue weighted by atomic mass is 9.88. The molecule has 1 unspecified atom stereocenters. The molecule has 1 saturated heterocycles. The molecular weight excluding hydrogens is 288 g/mol. The first-order valence-corrected chi connectivity index (χ1v) is 7.21. The van der Waals surface area contributed by atoms with Crippen LogP contribution >= 0.6 is 12.4 Å². The molecule has 1 heterocycles. The molecule has 4 nitrogen and oxygen atoms in total. The number of carbonyl (C=O) groups is 1. The number of likely N-dealkylation sites (N-methyl/N-ethyl adjacent to an activating group) is 1. The van der Waals surface area contributed by atoms with Gasteiger partial charge in [0, 0.05) is 19.5 Å². The Hall–Kier alpha value is -1.26. The van der Waals surface area contributed by atoms with Gasteiger partial charge >= 0.3 is 0 Å². The van der Waals surface area contributed by atoms with E-state index in [2.05, 4.69) is 11.4 Å². The Labute approximate surface area is 133 Å². The summed E-state index contributed by atoms with van der Waals surface area (Å²) in [5, 5.41) is 3.22. The minimum atomic E-state index is 0. The zero-order valence-corrected chi connectivity index (χ0v) is 13.8. The molecule has 1 N–H and O–H groups in total. The van der Waals surface area contributed by atoms with Gasteiger partial charge in [0.15, 0.2) is 0 Å². The number of hydrogen-bond donors (Lipinski definition) is 1. The van der Waals surface area contributed by atoms with Crippen LogP contribution in [0.25, 0.3) is 0 Å². The van der Waals surface area contributed by atoms with Gasteiger partial charge in [-0.05, 0) is 37.1 Å². The third-order valence-corrected chi connectivity index (χ3v) is 4.19. The topological polar surface area (TPSA) is 41.6 Å². The van der Waals surface area contributed by atoms with Crippen LogP contribution in [0.5, 0.6) is 5.75 Å². The number of carbonyl (C=O) groups excluding carboxylic acids is 1. The van der Waals surface area contributed by atoms with Crippen molar-refractivity contribution in [2.45, 2.75) is 13.3 Å². The van der Waals surface area contributed by atoms with E-state index in [9.17, 15) is 4.79 Å². The van der Waals surface area contributed by atoms with Crippen LogP contribution in [-0.4, -0.2) is 44.6 Å². The highest BCUT2D eigenvalue weighted by Crippen LogP contribution is 2.20. The van der Waals surface area contributed by atoms with Crippen molar-refractivity contribution in [1.29, 1.82) is 0 Å². The first-order valence-electron chi connectivity index (χ1n) is 7.21. The van der Waals surface area contributed by atoms with Gasteiger partial charge in [0.05, 0.1) is 7.11 Å². The van der Waals surface area contributed by atoms with E-state index in [0.29, 0.717) is 5.92 Å². The fraction of sp³-hybridized carbons (Fsp3) is 0.562. The maximum absolute atomic E-state index is 12.3. The molecule has 0 radical (unpaired) electrons.